The molecule has 65 heavy (non-hydrogen) atoms. The summed E-state index contributed by atoms with van der Waals surface area (Å²) in [6.45, 7) is 0. The van der Waals surface area contributed by atoms with Crippen molar-refractivity contribution in [2.24, 2.45) is 0 Å². The molecule has 1 aliphatic rings. The largest absolute Gasteiger partial charge is 0.434 e. The Morgan fingerprint density at radius 3 is 1.83 bits per heavy atom. The van der Waals surface area contributed by atoms with Crippen molar-refractivity contribution in [2.45, 2.75) is 12.3 Å². The van der Waals surface area contributed by atoms with Gasteiger partial charge >= 0.3 is 0 Å². The molecule has 0 aliphatic heterocycles. The molecule has 0 saturated heterocycles. The van der Waals surface area contributed by atoms with Gasteiger partial charge in [0, 0.05) is 50.0 Å². The number of nitrogens with zero attached hydrogens (tertiary/aromatic N) is 3. The predicted octanol–water partition coefficient (Wildman–Crippen LogP) is 14.4. The van der Waals surface area contributed by atoms with Crippen LogP contribution < -0.4 is 10.4 Å². The van der Waals surface area contributed by atoms with E-state index in [-0.39, 0.29) is 5.92 Å². The van der Waals surface area contributed by atoms with E-state index in [4.69, 9.17) is 9.40 Å². The first-order valence-electron chi connectivity index (χ1n) is 22.5. The van der Waals surface area contributed by atoms with E-state index in [1.807, 2.05) is 30.3 Å². The summed E-state index contributed by atoms with van der Waals surface area (Å²) in [5.74, 6) is 0.900. The summed E-state index contributed by atoms with van der Waals surface area (Å²) in [7, 11) is 0. The summed E-state index contributed by atoms with van der Waals surface area (Å²) < 4.78 is 11.5. The van der Waals surface area contributed by atoms with Crippen molar-refractivity contribution in [1.29, 1.82) is 0 Å². The molecule has 4 heteroatoms. The molecule has 3 aromatic heterocycles. The third-order valence-electron chi connectivity index (χ3n) is 13.9. The molecule has 0 saturated carbocycles. The number of para-hydroxylation sites is 3. The number of aromatic nitrogens is 3. The summed E-state index contributed by atoms with van der Waals surface area (Å²) in [5, 5.41) is 12.8. The molecular formula is C61H39N3O. The lowest BCUT2D eigenvalue weighted by atomic mass is 9.87. The maximum Gasteiger partial charge on any atom is 0.227 e. The Morgan fingerprint density at radius 1 is 0.431 bits per heavy atom. The minimum absolute atomic E-state index is 0.280. The molecule has 0 fully saturated rings. The number of fused-ring (bicyclic) bond motifs is 14. The SMILES string of the molecule is C1=c2c(c3ccccc3c3ccccc23)=CC(c2ccc(-n3c4ccccc4c4cccc(-c5ccc6c(c5)c5ccc7nc(-c8ccccc8)oc7c5n6-c5ccccc5)c43)cc2)C1. The van der Waals surface area contributed by atoms with E-state index in [9.17, 15) is 0 Å². The Hall–Kier alpha value is -8.47. The van der Waals surface area contributed by atoms with Gasteiger partial charge in [0.15, 0.2) is 5.58 Å². The van der Waals surface area contributed by atoms with Crippen LogP contribution in [-0.2, 0) is 0 Å². The van der Waals surface area contributed by atoms with Crippen LogP contribution in [0.4, 0.5) is 0 Å². The predicted molar refractivity (Wildman–Crippen MR) is 271 cm³/mol. The second-order valence-corrected chi connectivity index (χ2v) is 17.4. The molecule has 14 rings (SSSR count). The summed E-state index contributed by atoms with van der Waals surface area (Å²) in [6.07, 6.45) is 5.94. The Morgan fingerprint density at radius 2 is 1.05 bits per heavy atom. The molecule has 0 amide bonds. The van der Waals surface area contributed by atoms with Gasteiger partial charge in [-0.05, 0) is 116 Å². The van der Waals surface area contributed by atoms with E-state index >= 15 is 0 Å². The van der Waals surface area contributed by atoms with Gasteiger partial charge in [0.25, 0.3) is 0 Å². The fourth-order valence-electron chi connectivity index (χ4n) is 10.9. The van der Waals surface area contributed by atoms with Crippen molar-refractivity contribution in [1.82, 2.24) is 14.1 Å². The monoisotopic (exact) mass is 829 g/mol. The quantitative estimate of drug-likeness (QED) is 0.162. The maximum atomic E-state index is 6.69. The van der Waals surface area contributed by atoms with Gasteiger partial charge in [-0.3, -0.25) is 0 Å². The van der Waals surface area contributed by atoms with Gasteiger partial charge in [-0.1, -0.05) is 152 Å². The topological polar surface area (TPSA) is 35.9 Å². The van der Waals surface area contributed by atoms with Crippen LogP contribution >= 0.6 is 0 Å². The molecule has 304 valence electrons. The molecule has 0 spiro atoms. The van der Waals surface area contributed by atoms with Gasteiger partial charge in [0.2, 0.25) is 5.89 Å². The average molecular weight is 830 g/mol. The Labute approximate surface area is 373 Å². The highest BCUT2D eigenvalue weighted by Crippen LogP contribution is 2.43. The van der Waals surface area contributed by atoms with E-state index in [0.717, 1.165) is 61.8 Å². The summed E-state index contributed by atoms with van der Waals surface area (Å²) in [6, 6.07) is 74.6. The molecule has 13 aromatic rings. The molecule has 10 aromatic carbocycles. The summed E-state index contributed by atoms with van der Waals surface area (Å²) >= 11 is 0. The van der Waals surface area contributed by atoms with Gasteiger partial charge in [-0.25, -0.2) is 4.98 Å². The summed E-state index contributed by atoms with van der Waals surface area (Å²) in [4.78, 5) is 4.97. The third kappa shape index (κ3) is 5.41. The summed E-state index contributed by atoms with van der Waals surface area (Å²) in [5.41, 5.74) is 13.0. The van der Waals surface area contributed by atoms with Gasteiger partial charge in [-0.2, -0.15) is 0 Å². The number of hydrogen-bond donors (Lipinski definition) is 0. The first-order chi connectivity index (χ1) is 32.2. The number of benzene rings is 10. The standard InChI is InChI=1S/C61H39N3O/c1-3-14-39(15-4-1)61-62-55-34-33-52-54-37-41(29-35-57(54)64(59(52)60(55)65-61)42-16-5-2-6-17-42)44-23-13-24-51-50-22-11-12-25-56(50)63(58(44)51)43-30-26-38(27-31-43)40-28-32-49-47-20-8-7-18-45(47)46-19-9-10-21-48(46)53(49)36-40/h1-27,29-37,40H,28H2. The molecule has 4 nitrogen and oxygen atoms in total. The number of hydrogen-bond acceptors (Lipinski definition) is 2. The minimum atomic E-state index is 0.280. The molecule has 0 N–H and O–H groups in total. The first kappa shape index (κ1) is 36.1. The molecule has 0 bridgehead atoms. The normalized spacial score (nSPS) is 13.9. The highest BCUT2D eigenvalue weighted by Gasteiger charge is 2.22. The first-order valence-corrected chi connectivity index (χ1v) is 22.5. The fraction of sp³-hybridized carbons (Fsp3) is 0.0328. The lowest BCUT2D eigenvalue weighted by Gasteiger charge is -2.18. The molecular weight excluding hydrogens is 791 g/mol. The lowest BCUT2D eigenvalue weighted by Crippen LogP contribution is -2.30. The van der Waals surface area contributed by atoms with Crippen molar-refractivity contribution < 1.29 is 4.42 Å². The zero-order valence-corrected chi connectivity index (χ0v) is 35.3. The van der Waals surface area contributed by atoms with Crippen molar-refractivity contribution in [3.05, 3.63) is 222 Å². The van der Waals surface area contributed by atoms with Gasteiger partial charge < -0.3 is 13.6 Å². The van der Waals surface area contributed by atoms with E-state index < -0.39 is 0 Å². The van der Waals surface area contributed by atoms with E-state index in [1.54, 1.807) is 0 Å². The van der Waals surface area contributed by atoms with Crippen LogP contribution in [-0.4, -0.2) is 14.1 Å². The molecule has 1 aliphatic carbocycles. The van der Waals surface area contributed by atoms with Crippen LogP contribution in [0.3, 0.4) is 0 Å². The second-order valence-electron chi connectivity index (χ2n) is 17.4. The average Bonchev–Trinajstić information content (AvgIpc) is 4.07. The van der Waals surface area contributed by atoms with E-state index in [2.05, 4.69) is 197 Å². The third-order valence-corrected chi connectivity index (χ3v) is 13.9. The van der Waals surface area contributed by atoms with Gasteiger partial charge in [0.1, 0.15) is 5.52 Å². The Kier molecular flexibility index (Phi) is 7.78. The molecule has 3 heterocycles. The van der Waals surface area contributed by atoms with Crippen LogP contribution in [0.15, 0.2) is 211 Å². The molecule has 1 unspecified atom stereocenters. The Balaban J connectivity index is 0.934. The van der Waals surface area contributed by atoms with Crippen molar-refractivity contribution >= 4 is 88.4 Å². The van der Waals surface area contributed by atoms with Gasteiger partial charge in [-0.15, -0.1) is 0 Å². The second kappa shape index (κ2) is 14.0. The minimum Gasteiger partial charge on any atom is -0.434 e. The van der Waals surface area contributed by atoms with Crippen molar-refractivity contribution in [3.8, 4) is 34.0 Å². The van der Waals surface area contributed by atoms with E-state index in [1.165, 1.54) is 64.9 Å². The van der Waals surface area contributed by atoms with Crippen molar-refractivity contribution in [2.75, 3.05) is 0 Å². The lowest BCUT2D eigenvalue weighted by molar-refractivity contribution is 0.622. The number of rotatable bonds is 5. The molecule has 0 radical (unpaired) electrons. The maximum absolute atomic E-state index is 6.69. The highest BCUT2D eigenvalue weighted by molar-refractivity contribution is 6.19. The smallest absolute Gasteiger partial charge is 0.227 e. The van der Waals surface area contributed by atoms with E-state index in [0.29, 0.717) is 5.89 Å². The van der Waals surface area contributed by atoms with Crippen LogP contribution in [0.5, 0.6) is 0 Å². The Bertz CT molecular complexity index is 4190. The number of oxazole rings is 1. The van der Waals surface area contributed by atoms with Crippen LogP contribution in [0.1, 0.15) is 17.9 Å². The van der Waals surface area contributed by atoms with Crippen LogP contribution in [0.25, 0.3) is 122 Å². The van der Waals surface area contributed by atoms with Crippen LogP contribution in [0.2, 0.25) is 0 Å². The highest BCUT2D eigenvalue weighted by atomic mass is 16.3. The fourth-order valence-corrected chi connectivity index (χ4v) is 10.9. The zero-order chi connectivity index (χ0) is 42.6. The molecule has 1 atom stereocenters. The van der Waals surface area contributed by atoms with Crippen molar-refractivity contribution in [3.63, 3.8) is 0 Å². The van der Waals surface area contributed by atoms with Crippen LogP contribution in [0, 0.1) is 0 Å². The van der Waals surface area contributed by atoms with Gasteiger partial charge in [0.05, 0.1) is 22.1 Å². The zero-order valence-electron chi connectivity index (χ0n) is 35.3.